The van der Waals surface area contributed by atoms with Crippen LogP contribution in [0.25, 0.3) is 0 Å². The predicted molar refractivity (Wildman–Crippen MR) is 58.3 cm³/mol. The Morgan fingerprint density at radius 3 is 2.57 bits per heavy atom. The van der Waals surface area contributed by atoms with Crippen molar-refractivity contribution in [1.82, 2.24) is 0 Å². The lowest BCUT2D eigenvalue weighted by atomic mass is 9.67. The van der Waals surface area contributed by atoms with E-state index in [0.29, 0.717) is 11.3 Å². The minimum atomic E-state index is 0.468. The maximum atomic E-state index is 5.51. The van der Waals surface area contributed by atoms with Gasteiger partial charge in [0.15, 0.2) is 0 Å². The van der Waals surface area contributed by atoms with E-state index in [1.807, 2.05) is 6.07 Å². The standard InChI is InChI=1S/C13H20O/c1-11(12-7-6-10-14-12)13(2)8-4-3-5-9-13/h6-7,10-11H,3-5,8-9H2,1-2H3. The van der Waals surface area contributed by atoms with E-state index in [0.717, 1.165) is 5.76 Å². The summed E-state index contributed by atoms with van der Waals surface area (Å²) in [5, 5.41) is 0. The third-order valence-electron chi connectivity index (χ3n) is 4.01. The molecule has 2 rings (SSSR count). The maximum Gasteiger partial charge on any atom is 0.107 e. The lowest BCUT2D eigenvalue weighted by Gasteiger charge is -2.38. The molecule has 1 heterocycles. The summed E-state index contributed by atoms with van der Waals surface area (Å²) in [7, 11) is 0. The van der Waals surface area contributed by atoms with Crippen molar-refractivity contribution >= 4 is 0 Å². The van der Waals surface area contributed by atoms with E-state index in [9.17, 15) is 0 Å². The van der Waals surface area contributed by atoms with Gasteiger partial charge >= 0.3 is 0 Å². The summed E-state index contributed by atoms with van der Waals surface area (Å²) in [6, 6.07) is 4.11. The highest BCUT2D eigenvalue weighted by atomic mass is 16.3. The largest absolute Gasteiger partial charge is 0.469 e. The SMILES string of the molecule is CC(c1ccco1)C1(C)CCCCC1. The van der Waals surface area contributed by atoms with Crippen LogP contribution in [0.2, 0.25) is 0 Å². The van der Waals surface area contributed by atoms with Crippen LogP contribution in [0.15, 0.2) is 22.8 Å². The van der Waals surface area contributed by atoms with Gasteiger partial charge in [-0.25, -0.2) is 0 Å². The molecule has 1 aromatic heterocycles. The Hall–Kier alpha value is -0.720. The molecule has 0 saturated heterocycles. The van der Waals surface area contributed by atoms with Gasteiger partial charge in [-0.1, -0.05) is 33.1 Å². The molecular formula is C13H20O. The van der Waals surface area contributed by atoms with Crippen molar-refractivity contribution in [2.45, 2.75) is 51.9 Å². The molecule has 0 aliphatic heterocycles. The summed E-state index contributed by atoms with van der Waals surface area (Å²) < 4.78 is 5.51. The van der Waals surface area contributed by atoms with Crippen molar-refractivity contribution in [2.24, 2.45) is 5.41 Å². The monoisotopic (exact) mass is 192 g/mol. The second-order valence-electron chi connectivity index (χ2n) is 4.95. The van der Waals surface area contributed by atoms with Crippen LogP contribution >= 0.6 is 0 Å². The average molecular weight is 192 g/mol. The summed E-state index contributed by atoms with van der Waals surface area (Å²) in [5.74, 6) is 1.73. The average Bonchev–Trinajstić information content (AvgIpc) is 2.70. The van der Waals surface area contributed by atoms with Gasteiger partial charge < -0.3 is 4.42 Å². The van der Waals surface area contributed by atoms with Gasteiger partial charge in [0, 0.05) is 5.92 Å². The molecule has 1 unspecified atom stereocenters. The number of hydrogen-bond donors (Lipinski definition) is 0. The van der Waals surface area contributed by atoms with Crippen LogP contribution < -0.4 is 0 Å². The van der Waals surface area contributed by atoms with Crippen LogP contribution in [0.5, 0.6) is 0 Å². The summed E-state index contributed by atoms with van der Waals surface area (Å²) in [4.78, 5) is 0. The molecular weight excluding hydrogens is 172 g/mol. The van der Waals surface area contributed by atoms with Gasteiger partial charge in [-0.3, -0.25) is 0 Å². The van der Waals surface area contributed by atoms with E-state index < -0.39 is 0 Å². The van der Waals surface area contributed by atoms with E-state index in [-0.39, 0.29) is 0 Å². The summed E-state index contributed by atoms with van der Waals surface area (Å²) in [6.07, 6.45) is 8.70. The Morgan fingerprint density at radius 2 is 2.00 bits per heavy atom. The fraction of sp³-hybridized carbons (Fsp3) is 0.692. The van der Waals surface area contributed by atoms with Crippen LogP contribution in [-0.2, 0) is 0 Å². The molecule has 1 aliphatic rings. The molecule has 1 aromatic rings. The van der Waals surface area contributed by atoms with Crippen molar-refractivity contribution in [3.63, 3.8) is 0 Å². The van der Waals surface area contributed by atoms with Gasteiger partial charge in [0.05, 0.1) is 6.26 Å². The second-order valence-corrected chi connectivity index (χ2v) is 4.95. The maximum absolute atomic E-state index is 5.51. The molecule has 1 aliphatic carbocycles. The highest BCUT2D eigenvalue weighted by Crippen LogP contribution is 2.46. The third kappa shape index (κ3) is 1.73. The first-order chi connectivity index (χ1) is 6.72. The number of furan rings is 1. The molecule has 1 fully saturated rings. The molecule has 14 heavy (non-hydrogen) atoms. The fourth-order valence-corrected chi connectivity index (χ4v) is 2.67. The highest BCUT2D eigenvalue weighted by molar-refractivity contribution is 5.09. The molecule has 1 atom stereocenters. The second kappa shape index (κ2) is 3.80. The topological polar surface area (TPSA) is 13.1 Å². The molecule has 0 radical (unpaired) electrons. The predicted octanol–water partition coefficient (Wildman–Crippen LogP) is 4.35. The first-order valence-corrected chi connectivity index (χ1v) is 5.76. The Bertz CT molecular complexity index is 267. The van der Waals surface area contributed by atoms with Crippen molar-refractivity contribution in [3.05, 3.63) is 24.2 Å². The number of hydrogen-bond acceptors (Lipinski definition) is 1. The van der Waals surface area contributed by atoms with E-state index in [4.69, 9.17) is 4.42 Å². The van der Waals surface area contributed by atoms with E-state index >= 15 is 0 Å². The smallest absolute Gasteiger partial charge is 0.107 e. The zero-order valence-electron chi connectivity index (χ0n) is 9.25. The Morgan fingerprint density at radius 1 is 1.29 bits per heavy atom. The normalized spacial score (nSPS) is 23.3. The molecule has 78 valence electrons. The highest BCUT2D eigenvalue weighted by Gasteiger charge is 2.34. The summed E-state index contributed by atoms with van der Waals surface area (Å²) in [5.41, 5.74) is 0.468. The van der Waals surface area contributed by atoms with Gasteiger partial charge in [-0.05, 0) is 30.4 Å². The first-order valence-electron chi connectivity index (χ1n) is 5.76. The summed E-state index contributed by atoms with van der Waals surface area (Å²) >= 11 is 0. The minimum absolute atomic E-state index is 0.468. The third-order valence-corrected chi connectivity index (χ3v) is 4.01. The van der Waals surface area contributed by atoms with Gasteiger partial charge in [0.2, 0.25) is 0 Å². The molecule has 0 bridgehead atoms. The lowest BCUT2D eigenvalue weighted by Crippen LogP contribution is -2.26. The van der Waals surface area contributed by atoms with Crippen LogP contribution in [-0.4, -0.2) is 0 Å². The van der Waals surface area contributed by atoms with E-state index in [2.05, 4.69) is 19.9 Å². The van der Waals surface area contributed by atoms with Crippen molar-refractivity contribution in [3.8, 4) is 0 Å². The van der Waals surface area contributed by atoms with Crippen molar-refractivity contribution < 1.29 is 4.42 Å². The molecule has 1 heteroatoms. The molecule has 0 spiro atoms. The van der Waals surface area contributed by atoms with Crippen LogP contribution in [0, 0.1) is 5.41 Å². The molecule has 1 nitrogen and oxygen atoms in total. The van der Waals surface area contributed by atoms with Crippen LogP contribution in [0.3, 0.4) is 0 Å². The molecule has 0 aromatic carbocycles. The van der Waals surface area contributed by atoms with Gasteiger partial charge in [0.1, 0.15) is 5.76 Å². The Kier molecular flexibility index (Phi) is 2.66. The summed E-state index contributed by atoms with van der Waals surface area (Å²) in [6.45, 7) is 4.73. The number of rotatable bonds is 2. The fourth-order valence-electron chi connectivity index (χ4n) is 2.67. The van der Waals surface area contributed by atoms with Crippen LogP contribution in [0.4, 0.5) is 0 Å². The van der Waals surface area contributed by atoms with Crippen molar-refractivity contribution in [1.29, 1.82) is 0 Å². The Labute approximate surface area is 86.5 Å². The van der Waals surface area contributed by atoms with E-state index in [1.54, 1.807) is 6.26 Å². The molecule has 0 amide bonds. The van der Waals surface area contributed by atoms with Gasteiger partial charge in [-0.15, -0.1) is 0 Å². The van der Waals surface area contributed by atoms with E-state index in [1.165, 1.54) is 32.1 Å². The minimum Gasteiger partial charge on any atom is -0.469 e. The first kappa shape index (κ1) is 9.82. The van der Waals surface area contributed by atoms with Gasteiger partial charge in [0.25, 0.3) is 0 Å². The lowest BCUT2D eigenvalue weighted by molar-refractivity contribution is 0.162. The zero-order valence-corrected chi connectivity index (χ0v) is 9.25. The zero-order chi connectivity index (χ0) is 10.0. The van der Waals surface area contributed by atoms with Crippen molar-refractivity contribution in [2.75, 3.05) is 0 Å². The molecule has 0 N–H and O–H groups in total. The molecule has 1 saturated carbocycles. The quantitative estimate of drug-likeness (QED) is 0.678. The Balaban J connectivity index is 2.13. The van der Waals surface area contributed by atoms with Crippen LogP contribution in [0.1, 0.15) is 57.6 Å². The van der Waals surface area contributed by atoms with Gasteiger partial charge in [-0.2, -0.15) is 0 Å².